The van der Waals surface area contributed by atoms with Gasteiger partial charge in [-0.1, -0.05) is 20.1 Å². The maximum absolute atomic E-state index is 11.0. The Morgan fingerprint density at radius 1 is 1.39 bits per heavy atom. The number of hydrogen-bond acceptors (Lipinski definition) is 2. The molecule has 2 aliphatic rings. The minimum atomic E-state index is -0.898. The molecule has 3 heteroatoms. The van der Waals surface area contributed by atoms with Crippen molar-refractivity contribution in [1.29, 1.82) is 0 Å². The van der Waals surface area contributed by atoms with Gasteiger partial charge in [-0.2, -0.15) is 0 Å². The number of aliphatic carboxylic acids is 1. The standard InChI is InChI=1S/C15H22O3/c1-9(14(17)18)11-4-6-15(3)7-5-13(16)10(2)12(15)8-11/h11-13,16H,1-2,4-8H2,3H3,(H,17,18)/t11-,12-,13+,15-/m0/s1. The van der Waals surface area contributed by atoms with Crippen LogP contribution in [-0.2, 0) is 4.79 Å². The van der Waals surface area contributed by atoms with E-state index in [1.165, 1.54) is 0 Å². The van der Waals surface area contributed by atoms with E-state index < -0.39 is 12.1 Å². The summed E-state index contributed by atoms with van der Waals surface area (Å²) in [4.78, 5) is 11.0. The molecule has 0 aromatic carbocycles. The highest BCUT2D eigenvalue weighted by molar-refractivity contribution is 5.86. The van der Waals surface area contributed by atoms with E-state index >= 15 is 0 Å². The lowest BCUT2D eigenvalue weighted by Gasteiger charge is -2.50. The second-order valence-corrected chi connectivity index (χ2v) is 6.14. The average Bonchev–Trinajstić information content (AvgIpc) is 2.33. The fraction of sp³-hybridized carbons (Fsp3) is 0.667. The van der Waals surface area contributed by atoms with Crippen molar-refractivity contribution in [1.82, 2.24) is 0 Å². The number of carboxylic acids is 1. The van der Waals surface area contributed by atoms with Crippen molar-refractivity contribution in [3.63, 3.8) is 0 Å². The average molecular weight is 250 g/mol. The van der Waals surface area contributed by atoms with Gasteiger partial charge in [-0.15, -0.1) is 0 Å². The van der Waals surface area contributed by atoms with Crippen molar-refractivity contribution in [2.75, 3.05) is 0 Å². The molecule has 0 spiro atoms. The third-order valence-electron chi connectivity index (χ3n) is 5.06. The third-order valence-corrected chi connectivity index (χ3v) is 5.06. The van der Waals surface area contributed by atoms with Crippen LogP contribution in [0.5, 0.6) is 0 Å². The quantitative estimate of drug-likeness (QED) is 0.585. The fourth-order valence-corrected chi connectivity index (χ4v) is 3.64. The van der Waals surface area contributed by atoms with Crippen LogP contribution in [0.1, 0.15) is 39.0 Å². The molecule has 0 bridgehead atoms. The number of carboxylic acid groups (broad SMARTS) is 1. The SMILES string of the molecule is C=C(C(=O)O)[C@H]1CC[C@@]2(C)CC[C@@H](O)C(=C)[C@@H]2C1. The Balaban J connectivity index is 2.17. The summed E-state index contributed by atoms with van der Waals surface area (Å²) in [5, 5.41) is 19.0. The van der Waals surface area contributed by atoms with Crippen LogP contribution in [0.2, 0.25) is 0 Å². The van der Waals surface area contributed by atoms with Gasteiger partial charge in [0.25, 0.3) is 0 Å². The number of hydrogen-bond donors (Lipinski definition) is 2. The van der Waals surface area contributed by atoms with Gasteiger partial charge >= 0.3 is 5.97 Å². The first kappa shape index (κ1) is 13.3. The topological polar surface area (TPSA) is 57.5 Å². The van der Waals surface area contributed by atoms with Gasteiger partial charge in [-0.3, -0.25) is 0 Å². The Morgan fingerprint density at radius 2 is 2.00 bits per heavy atom. The summed E-state index contributed by atoms with van der Waals surface area (Å²) in [5.74, 6) is -0.635. The first-order chi connectivity index (χ1) is 8.35. The molecule has 0 heterocycles. The van der Waals surface area contributed by atoms with Gasteiger partial charge in [-0.05, 0) is 54.9 Å². The Kier molecular flexibility index (Phi) is 3.37. The predicted octanol–water partition coefficient (Wildman–Crippen LogP) is 2.76. The van der Waals surface area contributed by atoms with E-state index in [0.717, 1.165) is 37.7 Å². The summed E-state index contributed by atoms with van der Waals surface area (Å²) < 4.78 is 0. The second-order valence-electron chi connectivity index (χ2n) is 6.14. The summed E-state index contributed by atoms with van der Waals surface area (Å²) in [6, 6.07) is 0. The van der Waals surface area contributed by atoms with Gasteiger partial charge in [0.1, 0.15) is 0 Å². The predicted molar refractivity (Wildman–Crippen MR) is 70.1 cm³/mol. The molecular formula is C15H22O3. The maximum Gasteiger partial charge on any atom is 0.331 e. The molecule has 0 radical (unpaired) electrons. The zero-order chi connectivity index (χ0) is 13.5. The van der Waals surface area contributed by atoms with Crippen LogP contribution in [0.25, 0.3) is 0 Å². The van der Waals surface area contributed by atoms with Crippen LogP contribution in [0.3, 0.4) is 0 Å². The molecule has 2 saturated carbocycles. The number of aliphatic hydroxyl groups is 1. The van der Waals surface area contributed by atoms with Gasteiger partial charge in [0.2, 0.25) is 0 Å². The molecule has 100 valence electrons. The van der Waals surface area contributed by atoms with Crippen molar-refractivity contribution in [2.45, 2.75) is 45.1 Å². The number of fused-ring (bicyclic) bond motifs is 1. The fourth-order valence-electron chi connectivity index (χ4n) is 3.64. The van der Waals surface area contributed by atoms with E-state index in [0.29, 0.717) is 5.57 Å². The zero-order valence-electron chi connectivity index (χ0n) is 11.0. The molecular weight excluding hydrogens is 228 g/mol. The van der Waals surface area contributed by atoms with E-state index in [-0.39, 0.29) is 17.3 Å². The molecule has 0 saturated heterocycles. The van der Waals surface area contributed by atoms with Crippen molar-refractivity contribution >= 4 is 5.97 Å². The van der Waals surface area contributed by atoms with Crippen LogP contribution >= 0.6 is 0 Å². The Labute approximate surface area is 108 Å². The molecule has 4 atom stereocenters. The molecule has 0 aromatic rings. The largest absolute Gasteiger partial charge is 0.478 e. The smallest absolute Gasteiger partial charge is 0.331 e. The third kappa shape index (κ3) is 2.12. The van der Waals surface area contributed by atoms with Crippen LogP contribution in [0, 0.1) is 17.3 Å². The molecule has 0 aliphatic heterocycles. The molecule has 18 heavy (non-hydrogen) atoms. The van der Waals surface area contributed by atoms with Crippen molar-refractivity contribution < 1.29 is 15.0 Å². The van der Waals surface area contributed by atoms with E-state index in [9.17, 15) is 9.90 Å². The van der Waals surface area contributed by atoms with Crippen molar-refractivity contribution in [2.24, 2.45) is 17.3 Å². The monoisotopic (exact) mass is 250 g/mol. The molecule has 2 aliphatic carbocycles. The first-order valence-electron chi connectivity index (χ1n) is 6.64. The summed E-state index contributed by atoms with van der Waals surface area (Å²) in [7, 11) is 0. The van der Waals surface area contributed by atoms with Crippen LogP contribution in [0.15, 0.2) is 24.3 Å². The number of carbonyl (C=O) groups is 1. The maximum atomic E-state index is 11.0. The van der Waals surface area contributed by atoms with Gasteiger partial charge in [0, 0.05) is 5.57 Å². The molecule has 2 rings (SSSR count). The van der Waals surface area contributed by atoms with E-state index in [2.05, 4.69) is 20.1 Å². The van der Waals surface area contributed by atoms with E-state index in [1.807, 2.05) is 0 Å². The van der Waals surface area contributed by atoms with Crippen molar-refractivity contribution in [3.05, 3.63) is 24.3 Å². The molecule has 3 nitrogen and oxygen atoms in total. The van der Waals surface area contributed by atoms with Gasteiger partial charge in [0.05, 0.1) is 6.10 Å². The molecule has 2 fully saturated rings. The van der Waals surface area contributed by atoms with Gasteiger partial charge in [0.15, 0.2) is 0 Å². The van der Waals surface area contributed by atoms with Crippen LogP contribution in [0.4, 0.5) is 0 Å². The zero-order valence-corrected chi connectivity index (χ0v) is 11.0. The second kappa shape index (κ2) is 4.54. The summed E-state index contributed by atoms with van der Waals surface area (Å²) in [6.07, 6.45) is 4.04. The lowest BCUT2D eigenvalue weighted by Crippen LogP contribution is -2.43. The highest BCUT2D eigenvalue weighted by Gasteiger charge is 2.46. The lowest BCUT2D eigenvalue weighted by molar-refractivity contribution is -0.133. The summed E-state index contributed by atoms with van der Waals surface area (Å²) in [5.41, 5.74) is 1.39. The summed E-state index contributed by atoms with van der Waals surface area (Å²) >= 11 is 0. The Hall–Kier alpha value is -1.09. The van der Waals surface area contributed by atoms with Crippen LogP contribution < -0.4 is 0 Å². The highest BCUT2D eigenvalue weighted by atomic mass is 16.4. The normalized spacial score (nSPS) is 40.1. The first-order valence-corrected chi connectivity index (χ1v) is 6.64. The van der Waals surface area contributed by atoms with Crippen molar-refractivity contribution in [3.8, 4) is 0 Å². The van der Waals surface area contributed by atoms with Gasteiger partial charge < -0.3 is 10.2 Å². The highest BCUT2D eigenvalue weighted by Crippen LogP contribution is 2.54. The molecule has 0 aromatic heterocycles. The van der Waals surface area contributed by atoms with Crippen LogP contribution in [-0.4, -0.2) is 22.3 Å². The minimum Gasteiger partial charge on any atom is -0.478 e. The Bertz CT molecular complexity index is 399. The molecule has 0 amide bonds. The van der Waals surface area contributed by atoms with Gasteiger partial charge in [-0.25, -0.2) is 4.79 Å². The minimum absolute atomic E-state index is 0.0302. The number of rotatable bonds is 2. The molecule has 0 unspecified atom stereocenters. The molecule has 2 N–H and O–H groups in total. The number of aliphatic hydroxyl groups excluding tert-OH is 1. The lowest BCUT2D eigenvalue weighted by atomic mass is 9.55. The van der Waals surface area contributed by atoms with E-state index in [1.54, 1.807) is 0 Å². The summed E-state index contributed by atoms with van der Waals surface area (Å²) in [6.45, 7) is 9.97. The van der Waals surface area contributed by atoms with E-state index in [4.69, 9.17) is 5.11 Å². The Morgan fingerprint density at radius 3 is 2.61 bits per heavy atom.